The maximum atomic E-state index is 12.1. The summed E-state index contributed by atoms with van der Waals surface area (Å²) in [7, 11) is 0. The molecule has 1 aliphatic carbocycles. The molecule has 0 radical (unpaired) electrons. The summed E-state index contributed by atoms with van der Waals surface area (Å²) in [5, 5.41) is 12.8. The molecule has 5 heteroatoms. The second kappa shape index (κ2) is 5.00. The van der Waals surface area contributed by atoms with E-state index in [0.29, 0.717) is 17.9 Å². The van der Waals surface area contributed by atoms with Crippen molar-refractivity contribution in [2.75, 3.05) is 0 Å². The Bertz CT molecular complexity index is 658. The zero-order chi connectivity index (χ0) is 14.1. The first kappa shape index (κ1) is 12.7. The minimum atomic E-state index is -0.966. The lowest BCUT2D eigenvalue weighted by Gasteiger charge is -2.14. The molecule has 104 valence electrons. The predicted octanol–water partition coefficient (Wildman–Crippen LogP) is 2.15. The molecule has 0 spiro atoms. The number of nitrogens with one attached hydrogen (secondary N) is 2. The Morgan fingerprint density at radius 3 is 2.85 bits per heavy atom. The fourth-order valence-corrected chi connectivity index (χ4v) is 2.34. The van der Waals surface area contributed by atoms with Crippen LogP contribution in [0.3, 0.4) is 0 Å². The van der Waals surface area contributed by atoms with Crippen molar-refractivity contribution < 1.29 is 14.7 Å². The maximum absolute atomic E-state index is 12.1. The smallest absolute Gasteiger partial charge is 0.326 e. The Labute approximate surface area is 116 Å². The second-order valence-electron chi connectivity index (χ2n) is 5.32. The summed E-state index contributed by atoms with van der Waals surface area (Å²) in [5.74, 6) is -0.858. The highest BCUT2D eigenvalue weighted by Crippen LogP contribution is 2.33. The number of carboxylic acid groups (broad SMARTS) is 1. The van der Waals surface area contributed by atoms with E-state index in [0.717, 1.165) is 23.7 Å². The lowest BCUT2D eigenvalue weighted by molar-refractivity contribution is -0.139. The Hall–Kier alpha value is -2.30. The van der Waals surface area contributed by atoms with Crippen LogP contribution in [0.2, 0.25) is 0 Å². The van der Waals surface area contributed by atoms with Crippen LogP contribution in [0.5, 0.6) is 0 Å². The van der Waals surface area contributed by atoms with Gasteiger partial charge < -0.3 is 15.4 Å². The molecule has 1 heterocycles. The SMILES string of the molecule is O=C(NC(CC1CC1)C(=O)O)c1ccc2cc[nH]c2c1. The highest BCUT2D eigenvalue weighted by Gasteiger charge is 2.30. The molecule has 2 aromatic rings. The van der Waals surface area contributed by atoms with Gasteiger partial charge >= 0.3 is 5.97 Å². The number of aliphatic carboxylic acids is 1. The van der Waals surface area contributed by atoms with E-state index >= 15 is 0 Å². The van der Waals surface area contributed by atoms with Gasteiger partial charge in [0.1, 0.15) is 6.04 Å². The third-order valence-corrected chi connectivity index (χ3v) is 3.69. The number of H-pyrrole nitrogens is 1. The topological polar surface area (TPSA) is 82.2 Å². The number of hydrogen-bond donors (Lipinski definition) is 3. The molecular formula is C15H16N2O3. The third kappa shape index (κ3) is 2.66. The van der Waals surface area contributed by atoms with Crippen molar-refractivity contribution in [3.63, 3.8) is 0 Å². The number of rotatable bonds is 5. The standard InChI is InChI=1S/C15H16N2O3/c18-14(17-13(15(19)20)7-9-1-2-9)11-4-3-10-5-6-16-12(10)8-11/h3-6,8-9,13,16H,1-2,7H2,(H,17,18)(H,19,20). The van der Waals surface area contributed by atoms with Gasteiger partial charge in [0, 0.05) is 17.3 Å². The molecule has 1 aromatic heterocycles. The van der Waals surface area contributed by atoms with Crippen LogP contribution in [0.15, 0.2) is 30.5 Å². The van der Waals surface area contributed by atoms with Crippen molar-refractivity contribution >= 4 is 22.8 Å². The normalized spacial score (nSPS) is 16.0. The van der Waals surface area contributed by atoms with Crippen LogP contribution in [0, 0.1) is 5.92 Å². The lowest BCUT2D eigenvalue weighted by atomic mass is 10.1. The van der Waals surface area contributed by atoms with Crippen LogP contribution in [-0.4, -0.2) is 28.0 Å². The first-order chi connectivity index (χ1) is 9.63. The van der Waals surface area contributed by atoms with Crippen molar-refractivity contribution in [1.82, 2.24) is 10.3 Å². The number of fused-ring (bicyclic) bond motifs is 1. The largest absolute Gasteiger partial charge is 0.480 e. The number of carbonyl (C=O) groups is 2. The predicted molar refractivity (Wildman–Crippen MR) is 74.5 cm³/mol. The number of aromatic nitrogens is 1. The van der Waals surface area contributed by atoms with Gasteiger partial charge in [-0.2, -0.15) is 0 Å². The van der Waals surface area contributed by atoms with Gasteiger partial charge in [0.05, 0.1) is 0 Å². The Morgan fingerprint density at radius 2 is 2.15 bits per heavy atom. The molecule has 1 amide bonds. The molecule has 5 nitrogen and oxygen atoms in total. The fraction of sp³-hybridized carbons (Fsp3) is 0.333. The number of hydrogen-bond acceptors (Lipinski definition) is 2. The minimum Gasteiger partial charge on any atom is -0.480 e. The molecule has 1 unspecified atom stereocenters. The molecule has 1 aliphatic rings. The van der Waals surface area contributed by atoms with Crippen molar-refractivity contribution in [1.29, 1.82) is 0 Å². The summed E-state index contributed by atoms with van der Waals surface area (Å²) in [6.07, 6.45) is 4.45. The Morgan fingerprint density at radius 1 is 1.35 bits per heavy atom. The fourth-order valence-electron chi connectivity index (χ4n) is 2.34. The minimum absolute atomic E-state index is 0.338. The van der Waals surface area contributed by atoms with Crippen molar-refractivity contribution in [3.8, 4) is 0 Å². The highest BCUT2D eigenvalue weighted by atomic mass is 16.4. The van der Waals surface area contributed by atoms with Crippen LogP contribution < -0.4 is 5.32 Å². The lowest BCUT2D eigenvalue weighted by Crippen LogP contribution is -2.41. The molecule has 1 fully saturated rings. The molecule has 0 aliphatic heterocycles. The number of carbonyl (C=O) groups excluding carboxylic acids is 1. The molecule has 1 saturated carbocycles. The number of aromatic amines is 1. The average Bonchev–Trinajstić information content (AvgIpc) is 3.12. The van der Waals surface area contributed by atoms with E-state index in [2.05, 4.69) is 10.3 Å². The van der Waals surface area contributed by atoms with Crippen LogP contribution in [-0.2, 0) is 4.79 Å². The maximum Gasteiger partial charge on any atom is 0.326 e. The van der Waals surface area contributed by atoms with Crippen LogP contribution >= 0.6 is 0 Å². The summed E-state index contributed by atoms with van der Waals surface area (Å²) in [5.41, 5.74) is 1.34. The number of amides is 1. The molecule has 3 N–H and O–H groups in total. The first-order valence-electron chi connectivity index (χ1n) is 6.74. The van der Waals surface area contributed by atoms with Crippen LogP contribution in [0.4, 0.5) is 0 Å². The average molecular weight is 272 g/mol. The zero-order valence-corrected chi connectivity index (χ0v) is 10.9. The molecule has 0 bridgehead atoms. The molecule has 3 rings (SSSR count). The van der Waals surface area contributed by atoms with E-state index in [4.69, 9.17) is 5.11 Å². The highest BCUT2D eigenvalue weighted by molar-refractivity contribution is 5.99. The molecule has 1 atom stereocenters. The summed E-state index contributed by atoms with van der Waals surface area (Å²) < 4.78 is 0. The zero-order valence-electron chi connectivity index (χ0n) is 10.9. The van der Waals surface area contributed by atoms with Crippen LogP contribution in [0.1, 0.15) is 29.6 Å². The molecule has 0 saturated heterocycles. The van der Waals surface area contributed by atoms with E-state index in [-0.39, 0.29) is 5.91 Å². The van der Waals surface area contributed by atoms with Crippen molar-refractivity contribution in [3.05, 3.63) is 36.0 Å². The number of carboxylic acids is 1. The summed E-state index contributed by atoms with van der Waals surface area (Å²) in [4.78, 5) is 26.4. The van der Waals surface area contributed by atoms with E-state index in [9.17, 15) is 9.59 Å². The second-order valence-corrected chi connectivity index (χ2v) is 5.32. The summed E-state index contributed by atoms with van der Waals surface area (Å²) in [6, 6.07) is 6.42. The number of benzene rings is 1. The van der Waals surface area contributed by atoms with Gasteiger partial charge in [-0.3, -0.25) is 4.79 Å². The quantitative estimate of drug-likeness (QED) is 0.780. The van der Waals surface area contributed by atoms with E-state index in [1.165, 1.54) is 0 Å². The molecule has 1 aromatic carbocycles. The third-order valence-electron chi connectivity index (χ3n) is 3.69. The first-order valence-corrected chi connectivity index (χ1v) is 6.74. The Balaban J connectivity index is 1.74. The van der Waals surface area contributed by atoms with Gasteiger partial charge in [-0.15, -0.1) is 0 Å². The molecule has 20 heavy (non-hydrogen) atoms. The van der Waals surface area contributed by atoms with Crippen LogP contribution in [0.25, 0.3) is 10.9 Å². The van der Waals surface area contributed by atoms with Crippen molar-refractivity contribution in [2.45, 2.75) is 25.3 Å². The monoisotopic (exact) mass is 272 g/mol. The van der Waals surface area contributed by atoms with Gasteiger partial charge in [0.25, 0.3) is 5.91 Å². The summed E-state index contributed by atoms with van der Waals surface area (Å²) in [6.45, 7) is 0. The van der Waals surface area contributed by atoms with Crippen molar-refractivity contribution in [2.24, 2.45) is 5.92 Å². The van der Waals surface area contributed by atoms with Gasteiger partial charge in [0.2, 0.25) is 0 Å². The summed E-state index contributed by atoms with van der Waals surface area (Å²) >= 11 is 0. The van der Waals surface area contributed by atoms with E-state index in [1.54, 1.807) is 18.3 Å². The Kier molecular flexibility index (Phi) is 3.18. The van der Waals surface area contributed by atoms with Gasteiger partial charge in [-0.25, -0.2) is 4.79 Å². The van der Waals surface area contributed by atoms with Gasteiger partial charge in [-0.05, 0) is 35.9 Å². The molecular weight excluding hydrogens is 256 g/mol. The van der Waals surface area contributed by atoms with Gasteiger partial charge in [-0.1, -0.05) is 18.9 Å². The van der Waals surface area contributed by atoms with E-state index in [1.807, 2.05) is 12.1 Å². The van der Waals surface area contributed by atoms with E-state index < -0.39 is 12.0 Å². The van der Waals surface area contributed by atoms with Gasteiger partial charge in [0.15, 0.2) is 0 Å².